The maximum atomic E-state index is 11.1. The molecule has 98 valence electrons. The summed E-state index contributed by atoms with van der Waals surface area (Å²) in [6.45, 7) is 4.14. The van der Waals surface area contributed by atoms with Crippen molar-refractivity contribution >= 4 is 5.69 Å². The number of hydrogen-bond acceptors (Lipinski definition) is 2. The number of anilines is 1. The van der Waals surface area contributed by atoms with Crippen LogP contribution in [0, 0.1) is 13.8 Å². The van der Waals surface area contributed by atoms with E-state index in [1.807, 2.05) is 18.2 Å². The van der Waals surface area contributed by atoms with E-state index in [0.717, 1.165) is 29.7 Å². The minimum atomic E-state index is -0.861. The predicted octanol–water partition coefficient (Wildman–Crippen LogP) is 3.07. The summed E-state index contributed by atoms with van der Waals surface area (Å²) in [6, 6.07) is 12.1. The van der Waals surface area contributed by atoms with Gasteiger partial charge in [0.25, 0.3) is 0 Å². The lowest BCUT2D eigenvalue weighted by Gasteiger charge is -2.25. The van der Waals surface area contributed by atoms with Crippen LogP contribution in [-0.4, -0.2) is 5.11 Å². The molecular formula is C17H19NO. The highest BCUT2D eigenvalue weighted by Gasteiger charge is 2.38. The third-order valence-electron chi connectivity index (χ3n) is 4.03. The SMILES string of the molecule is Cc1cc(C)cc(C2(O)CCc3cc(N)ccc32)c1. The number of aliphatic hydroxyl groups is 1. The van der Waals surface area contributed by atoms with Crippen molar-refractivity contribution in [2.24, 2.45) is 0 Å². The molecule has 0 saturated heterocycles. The van der Waals surface area contributed by atoms with Gasteiger partial charge in [-0.25, -0.2) is 0 Å². The van der Waals surface area contributed by atoms with Crippen LogP contribution in [0.4, 0.5) is 5.69 Å². The number of nitrogens with two attached hydrogens (primary N) is 1. The molecule has 19 heavy (non-hydrogen) atoms. The standard InChI is InChI=1S/C17H19NO/c1-11-7-12(2)9-14(8-11)17(19)6-5-13-10-15(18)3-4-16(13)17/h3-4,7-10,19H,5-6,18H2,1-2H3. The van der Waals surface area contributed by atoms with E-state index in [1.165, 1.54) is 16.7 Å². The summed E-state index contributed by atoms with van der Waals surface area (Å²) in [6.07, 6.45) is 1.61. The Bertz CT molecular complexity index is 627. The van der Waals surface area contributed by atoms with Crippen molar-refractivity contribution in [3.05, 3.63) is 64.2 Å². The molecule has 2 aromatic rings. The van der Waals surface area contributed by atoms with Crippen LogP contribution in [0.5, 0.6) is 0 Å². The van der Waals surface area contributed by atoms with Gasteiger partial charge in [0, 0.05) is 5.69 Å². The molecule has 2 heteroatoms. The second-order valence-electron chi connectivity index (χ2n) is 5.65. The third kappa shape index (κ3) is 1.92. The fourth-order valence-electron chi connectivity index (χ4n) is 3.19. The average molecular weight is 253 g/mol. The summed E-state index contributed by atoms with van der Waals surface area (Å²) in [5.41, 5.74) is 11.3. The first-order valence-electron chi connectivity index (χ1n) is 6.69. The minimum absolute atomic E-state index is 0.731. The van der Waals surface area contributed by atoms with Gasteiger partial charge in [0.2, 0.25) is 0 Å². The summed E-state index contributed by atoms with van der Waals surface area (Å²) in [5, 5.41) is 11.1. The van der Waals surface area contributed by atoms with Gasteiger partial charge in [-0.3, -0.25) is 0 Å². The summed E-state index contributed by atoms with van der Waals surface area (Å²) >= 11 is 0. The molecule has 1 aliphatic rings. The third-order valence-corrected chi connectivity index (χ3v) is 4.03. The number of rotatable bonds is 1. The van der Waals surface area contributed by atoms with E-state index < -0.39 is 5.60 Å². The molecule has 0 amide bonds. The van der Waals surface area contributed by atoms with Crippen LogP contribution >= 0.6 is 0 Å². The van der Waals surface area contributed by atoms with Crippen molar-refractivity contribution in [3.8, 4) is 0 Å². The van der Waals surface area contributed by atoms with Crippen molar-refractivity contribution in [2.45, 2.75) is 32.3 Å². The smallest absolute Gasteiger partial charge is 0.115 e. The minimum Gasteiger partial charge on any atom is -0.399 e. The van der Waals surface area contributed by atoms with Crippen LogP contribution in [0.1, 0.15) is 34.2 Å². The fraction of sp³-hybridized carbons (Fsp3) is 0.294. The summed E-state index contributed by atoms with van der Waals surface area (Å²) in [7, 11) is 0. The van der Waals surface area contributed by atoms with Gasteiger partial charge in [0.15, 0.2) is 0 Å². The van der Waals surface area contributed by atoms with Crippen molar-refractivity contribution in [1.82, 2.24) is 0 Å². The summed E-state index contributed by atoms with van der Waals surface area (Å²) < 4.78 is 0. The highest BCUT2D eigenvalue weighted by atomic mass is 16.3. The van der Waals surface area contributed by atoms with E-state index in [2.05, 4.69) is 32.0 Å². The first kappa shape index (κ1) is 12.2. The van der Waals surface area contributed by atoms with E-state index in [1.54, 1.807) is 0 Å². The zero-order valence-electron chi connectivity index (χ0n) is 11.4. The molecule has 0 heterocycles. The van der Waals surface area contributed by atoms with E-state index in [9.17, 15) is 5.11 Å². The molecule has 2 nitrogen and oxygen atoms in total. The van der Waals surface area contributed by atoms with Crippen LogP contribution in [0.2, 0.25) is 0 Å². The Morgan fingerprint density at radius 1 is 1.05 bits per heavy atom. The highest BCUT2D eigenvalue weighted by molar-refractivity contribution is 5.53. The van der Waals surface area contributed by atoms with Crippen molar-refractivity contribution < 1.29 is 5.11 Å². The van der Waals surface area contributed by atoms with Crippen molar-refractivity contribution in [3.63, 3.8) is 0 Å². The van der Waals surface area contributed by atoms with Crippen LogP contribution in [0.25, 0.3) is 0 Å². The molecule has 0 aliphatic heterocycles. The van der Waals surface area contributed by atoms with Crippen molar-refractivity contribution in [1.29, 1.82) is 0 Å². The zero-order valence-corrected chi connectivity index (χ0v) is 11.4. The number of benzene rings is 2. The molecule has 0 fully saturated rings. The maximum absolute atomic E-state index is 11.1. The topological polar surface area (TPSA) is 46.2 Å². The van der Waals surface area contributed by atoms with Crippen LogP contribution in [0.15, 0.2) is 36.4 Å². The summed E-state index contributed by atoms with van der Waals surface area (Å²) in [4.78, 5) is 0. The zero-order chi connectivity index (χ0) is 13.6. The maximum Gasteiger partial charge on any atom is 0.115 e. The fourth-order valence-corrected chi connectivity index (χ4v) is 3.19. The molecule has 1 unspecified atom stereocenters. The van der Waals surface area contributed by atoms with E-state index in [-0.39, 0.29) is 0 Å². The first-order chi connectivity index (χ1) is 8.99. The largest absolute Gasteiger partial charge is 0.399 e. The van der Waals surface area contributed by atoms with Crippen LogP contribution < -0.4 is 5.73 Å². The molecular weight excluding hydrogens is 234 g/mol. The average Bonchev–Trinajstić information content (AvgIpc) is 2.66. The lowest BCUT2D eigenvalue weighted by atomic mass is 9.86. The van der Waals surface area contributed by atoms with Gasteiger partial charge >= 0.3 is 0 Å². The molecule has 0 saturated carbocycles. The second kappa shape index (κ2) is 4.10. The molecule has 0 radical (unpaired) electrons. The molecule has 1 aliphatic carbocycles. The van der Waals surface area contributed by atoms with E-state index >= 15 is 0 Å². The first-order valence-corrected chi connectivity index (χ1v) is 6.69. The van der Waals surface area contributed by atoms with Crippen LogP contribution in [-0.2, 0) is 12.0 Å². The number of nitrogen functional groups attached to an aromatic ring is 1. The van der Waals surface area contributed by atoms with Gasteiger partial charge in [-0.2, -0.15) is 0 Å². The van der Waals surface area contributed by atoms with Gasteiger partial charge in [0.1, 0.15) is 5.60 Å². The Kier molecular flexibility index (Phi) is 2.64. The van der Waals surface area contributed by atoms with Crippen molar-refractivity contribution in [2.75, 3.05) is 5.73 Å². The van der Waals surface area contributed by atoms with Gasteiger partial charge < -0.3 is 10.8 Å². The molecule has 0 spiro atoms. The monoisotopic (exact) mass is 253 g/mol. The molecule has 1 atom stereocenters. The lowest BCUT2D eigenvalue weighted by Crippen LogP contribution is -2.24. The Balaban J connectivity index is 2.16. The molecule has 0 aromatic heterocycles. The molecule has 0 bridgehead atoms. The lowest BCUT2D eigenvalue weighted by molar-refractivity contribution is 0.0828. The normalized spacial score (nSPS) is 21.4. The predicted molar refractivity (Wildman–Crippen MR) is 78.1 cm³/mol. The Labute approximate surface area is 113 Å². The highest BCUT2D eigenvalue weighted by Crippen LogP contribution is 2.43. The Hall–Kier alpha value is -1.80. The Morgan fingerprint density at radius 3 is 2.42 bits per heavy atom. The number of fused-ring (bicyclic) bond motifs is 1. The summed E-state index contributed by atoms with van der Waals surface area (Å²) in [5.74, 6) is 0. The quantitative estimate of drug-likeness (QED) is 0.767. The number of aryl methyl sites for hydroxylation is 3. The van der Waals surface area contributed by atoms with E-state index in [4.69, 9.17) is 5.73 Å². The van der Waals surface area contributed by atoms with E-state index in [0.29, 0.717) is 0 Å². The van der Waals surface area contributed by atoms with Crippen LogP contribution in [0.3, 0.4) is 0 Å². The molecule has 3 rings (SSSR count). The van der Waals surface area contributed by atoms with Gasteiger partial charge in [-0.1, -0.05) is 35.4 Å². The Morgan fingerprint density at radius 2 is 1.74 bits per heavy atom. The second-order valence-corrected chi connectivity index (χ2v) is 5.65. The molecule has 2 aromatic carbocycles. The van der Waals surface area contributed by atoms with Gasteiger partial charge in [0.05, 0.1) is 0 Å². The molecule has 3 N–H and O–H groups in total. The van der Waals surface area contributed by atoms with Gasteiger partial charge in [-0.15, -0.1) is 0 Å². The van der Waals surface area contributed by atoms with Gasteiger partial charge in [-0.05, 0) is 55.5 Å². The number of hydrogen-bond donors (Lipinski definition) is 2.